The van der Waals surface area contributed by atoms with E-state index in [0.29, 0.717) is 0 Å². The molecule has 3 heteroatoms. The van der Waals surface area contributed by atoms with Crippen LogP contribution in [0.5, 0.6) is 5.75 Å². The Labute approximate surface area is 98.2 Å². The molecule has 0 aliphatic heterocycles. The summed E-state index contributed by atoms with van der Waals surface area (Å²) < 4.78 is 5.32. The van der Waals surface area contributed by atoms with E-state index in [1.54, 1.807) is 7.11 Å². The van der Waals surface area contributed by atoms with Crippen molar-refractivity contribution in [1.82, 2.24) is 4.90 Å². The fraction of sp³-hybridized carbons (Fsp3) is 0.538. The lowest BCUT2D eigenvalue weighted by Gasteiger charge is -2.23. The third-order valence-corrected chi connectivity index (χ3v) is 2.89. The van der Waals surface area contributed by atoms with Crippen LogP contribution in [0.25, 0.3) is 0 Å². The van der Waals surface area contributed by atoms with Crippen molar-refractivity contribution >= 4 is 0 Å². The van der Waals surface area contributed by atoms with E-state index in [1.165, 1.54) is 0 Å². The van der Waals surface area contributed by atoms with Gasteiger partial charge in [0.15, 0.2) is 0 Å². The van der Waals surface area contributed by atoms with Crippen molar-refractivity contribution in [2.75, 3.05) is 26.7 Å². The van der Waals surface area contributed by atoms with Crippen molar-refractivity contribution in [2.45, 2.75) is 19.9 Å². The molecular weight excluding hydrogens is 200 g/mol. The lowest BCUT2D eigenvalue weighted by atomic mass is 10.1. The molecule has 0 aliphatic rings. The van der Waals surface area contributed by atoms with Gasteiger partial charge in [0.1, 0.15) is 5.75 Å². The Morgan fingerprint density at radius 3 is 2.44 bits per heavy atom. The molecule has 0 amide bonds. The van der Waals surface area contributed by atoms with Crippen LogP contribution >= 0.6 is 0 Å². The molecule has 3 nitrogen and oxygen atoms in total. The Hall–Kier alpha value is -1.06. The van der Waals surface area contributed by atoms with E-state index in [9.17, 15) is 0 Å². The van der Waals surface area contributed by atoms with E-state index in [-0.39, 0.29) is 6.04 Å². The van der Waals surface area contributed by atoms with Gasteiger partial charge >= 0.3 is 0 Å². The quantitative estimate of drug-likeness (QED) is 0.800. The van der Waals surface area contributed by atoms with Gasteiger partial charge in [-0.2, -0.15) is 0 Å². The van der Waals surface area contributed by atoms with Crippen LogP contribution in [0.2, 0.25) is 0 Å². The predicted octanol–water partition coefficient (Wildman–Crippen LogP) is 2.04. The van der Waals surface area contributed by atoms with Crippen molar-refractivity contribution < 1.29 is 4.74 Å². The number of methoxy groups -OCH3 is 1. The second-order valence-electron chi connectivity index (χ2n) is 3.83. The summed E-state index contributed by atoms with van der Waals surface area (Å²) in [4.78, 5) is 2.32. The standard InChI is InChI=1S/C13H22N2O/c1-4-15(5-2)10-12(14)11-8-6-7-9-13(11)16-3/h6-9,12H,4-5,10,14H2,1-3H3. The first-order valence-corrected chi connectivity index (χ1v) is 5.83. The number of benzene rings is 1. The van der Waals surface area contributed by atoms with Gasteiger partial charge in [0, 0.05) is 18.2 Å². The smallest absolute Gasteiger partial charge is 0.123 e. The van der Waals surface area contributed by atoms with E-state index in [1.807, 2.05) is 24.3 Å². The van der Waals surface area contributed by atoms with Gasteiger partial charge in [-0.15, -0.1) is 0 Å². The molecule has 2 N–H and O–H groups in total. The molecule has 1 aromatic rings. The number of nitrogens with zero attached hydrogens (tertiary/aromatic N) is 1. The Kier molecular flexibility index (Phi) is 5.29. The molecule has 0 saturated carbocycles. The predicted molar refractivity (Wildman–Crippen MR) is 67.7 cm³/mol. The summed E-state index contributed by atoms with van der Waals surface area (Å²) in [7, 11) is 1.68. The number of nitrogens with two attached hydrogens (primary N) is 1. The molecule has 1 aromatic carbocycles. The van der Waals surface area contributed by atoms with Crippen LogP contribution in [0.3, 0.4) is 0 Å². The molecule has 0 fully saturated rings. The van der Waals surface area contributed by atoms with Gasteiger partial charge in [-0.1, -0.05) is 32.0 Å². The third-order valence-electron chi connectivity index (χ3n) is 2.89. The lowest BCUT2D eigenvalue weighted by molar-refractivity contribution is 0.281. The highest BCUT2D eigenvalue weighted by atomic mass is 16.5. The minimum Gasteiger partial charge on any atom is -0.496 e. The van der Waals surface area contributed by atoms with Gasteiger partial charge in [-0.25, -0.2) is 0 Å². The Balaban J connectivity index is 2.75. The van der Waals surface area contributed by atoms with E-state index >= 15 is 0 Å². The van der Waals surface area contributed by atoms with Crippen molar-refractivity contribution in [3.05, 3.63) is 29.8 Å². The summed E-state index contributed by atoms with van der Waals surface area (Å²) >= 11 is 0. The van der Waals surface area contributed by atoms with E-state index in [4.69, 9.17) is 10.5 Å². The Morgan fingerprint density at radius 2 is 1.88 bits per heavy atom. The van der Waals surface area contributed by atoms with Crippen molar-refractivity contribution in [3.63, 3.8) is 0 Å². The van der Waals surface area contributed by atoms with Crippen molar-refractivity contribution in [1.29, 1.82) is 0 Å². The Bertz CT molecular complexity index is 311. The number of likely N-dealkylation sites (N-methyl/N-ethyl adjacent to an activating group) is 1. The molecule has 0 aliphatic carbocycles. The molecule has 0 aromatic heterocycles. The first kappa shape index (κ1) is 13.0. The van der Waals surface area contributed by atoms with Crippen LogP contribution in [0.1, 0.15) is 25.5 Å². The van der Waals surface area contributed by atoms with Gasteiger partial charge in [-0.05, 0) is 19.2 Å². The number of para-hydroxylation sites is 1. The largest absolute Gasteiger partial charge is 0.496 e. The zero-order chi connectivity index (χ0) is 12.0. The van der Waals surface area contributed by atoms with E-state index in [2.05, 4.69) is 18.7 Å². The normalized spacial score (nSPS) is 12.8. The SMILES string of the molecule is CCN(CC)CC(N)c1ccccc1OC. The second-order valence-corrected chi connectivity index (χ2v) is 3.83. The lowest BCUT2D eigenvalue weighted by Crippen LogP contribution is -2.32. The summed E-state index contributed by atoms with van der Waals surface area (Å²) in [5.74, 6) is 0.877. The van der Waals surface area contributed by atoms with Crippen LogP contribution < -0.4 is 10.5 Å². The van der Waals surface area contributed by atoms with E-state index in [0.717, 1.165) is 30.9 Å². The summed E-state index contributed by atoms with van der Waals surface area (Å²) in [5, 5.41) is 0. The molecule has 0 radical (unpaired) electrons. The van der Waals surface area contributed by atoms with Crippen LogP contribution in [0.15, 0.2) is 24.3 Å². The summed E-state index contributed by atoms with van der Waals surface area (Å²) in [6.07, 6.45) is 0. The first-order valence-electron chi connectivity index (χ1n) is 5.83. The molecule has 0 spiro atoms. The molecule has 1 rings (SSSR count). The highest BCUT2D eigenvalue weighted by Crippen LogP contribution is 2.23. The Morgan fingerprint density at radius 1 is 1.25 bits per heavy atom. The molecule has 16 heavy (non-hydrogen) atoms. The molecule has 90 valence electrons. The number of ether oxygens (including phenoxy) is 1. The second kappa shape index (κ2) is 6.51. The third kappa shape index (κ3) is 3.22. The summed E-state index contributed by atoms with van der Waals surface area (Å²) in [6.45, 7) is 7.23. The molecule has 0 bridgehead atoms. The maximum atomic E-state index is 6.20. The number of hydrogen-bond acceptors (Lipinski definition) is 3. The molecule has 0 saturated heterocycles. The van der Waals surface area contributed by atoms with Crippen LogP contribution in [0, 0.1) is 0 Å². The van der Waals surface area contributed by atoms with Crippen molar-refractivity contribution in [2.24, 2.45) is 5.73 Å². The topological polar surface area (TPSA) is 38.5 Å². The average Bonchev–Trinajstić information content (AvgIpc) is 2.35. The van der Waals surface area contributed by atoms with Gasteiger partial charge in [0.25, 0.3) is 0 Å². The molecule has 0 heterocycles. The maximum absolute atomic E-state index is 6.20. The number of hydrogen-bond donors (Lipinski definition) is 1. The van der Waals surface area contributed by atoms with E-state index < -0.39 is 0 Å². The minimum atomic E-state index is 0.0102. The molecule has 1 atom stereocenters. The minimum absolute atomic E-state index is 0.0102. The van der Waals surface area contributed by atoms with Crippen LogP contribution in [-0.2, 0) is 0 Å². The number of rotatable bonds is 6. The average molecular weight is 222 g/mol. The molecular formula is C13H22N2O. The van der Waals surface area contributed by atoms with Gasteiger partial charge in [0.2, 0.25) is 0 Å². The monoisotopic (exact) mass is 222 g/mol. The highest BCUT2D eigenvalue weighted by Gasteiger charge is 2.13. The van der Waals surface area contributed by atoms with Gasteiger partial charge < -0.3 is 15.4 Å². The van der Waals surface area contributed by atoms with Gasteiger partial charge in [0.05, 0.1) is 7.11 Å². The highest BCUT2D eigenvalue weighted by molar-refractivity contribution is 5.35. The maximum Gasteiger partial charge on any atom is 0.123 e. The van der Waals surface area contributed by atoms with Crippen LogP contribution in [-0.4, -0.2) is 31.6 Å². The van der Waals surface area contributed by atoms with Gasteiger partial charge in [-0.3, -0.25) is 0 Å². The summed E-state index contributed by atoms with van der Waals surface area (Å²) in [5.41, 5.74) is 7.28. The fourth-order valence-corrected chi connectivity index (χ4v) is 1.83. The fourth-order valence-electron chi connectivity index (χ4n) is 1.83. The summed E-state index contributed by atoms with van der Waals surface area (Å²) in [6, 6.07) is 7.97. The van der Waals surface area contributed by atoms with Crippen LogP contribution in [0.4, 0.5) is 0 Å². The van der Waals surface area contributed by atoms with Crippen molar-refractivity contribution in [3.8, 4) is 5.75 Å². The molecule has 1 unspecified atom stereocenters. The zero-order valence-corrected chi connectivity index (χ0v) is 10.4. The zero-order valence-electron chi connectivity index (χ0n) is 10.4. The first-order chi connectivity index (χ1) is 7.72.